The van der Waals surface area contributed by atoms with Crippen molar-refractivity contribution in [1.29, 1.82) is 0 Å². The number of carbonyl (C=O) groups is 3. The Morgan fingerprint density at radius 3 is 2.16 bits per heavy atom. The molecule has 2 aromatic carbocycles. The van der Waals surface area contributed by atoms with Gasteiger partial charge in [0.1, 0.15) is 0 Å². The number of hydrogen-bond donors (Lipinski definition) is 5. The van der Waals surface area contributed by atoms with Gasteiger partial charge in [-0.3, -0.25) is 24.5 Å². The fraction of sp³-hybridized carbons (Fsp3) is 0.625. The third kappa shape index (κ3) is 11.3. The number of anilines is 1. The van der Waals surface area contributed by atoms with Gasteiger partial charge in [-0.05, 0) is 88.5 Å². The van der Waals surface area contributed by atoms with Gasteiger partial charge in [0.15, 0.2) is 6.29 Å². The van der Waals surface area contributed by atoms with Crippen LogP contribution in [-0.4, -0.2) is 63.2 Å². The van der Waals surface area contributed by atoms with Crippen molar-refractivity contribution < 1.29 is 34.2 Å². The lowest BCUT2D eigenvalue weighted by Crippen LogP contribution is -2.61. The predicted octanol–water partition coefficient (Wildman–Crippen LogP) is 6.45. The van der Waals surface area contributed by atoms with E-state index in [0.717, 1.165) is 48.8 Å². The van der Waals surface area contributed by atoms with Crippen molar-refractivity contribution in [3.8, 4) is 0 Å². The molecule has 2 aliphatic heterocycles. The number of rotatable bonds is 14. The van der Waals surface area contributed by atoms with Crippen molar-refractivity contribution in [1.82, 2.24) is 15.7 Å². The number of hydroxylamine groups is 1. The van der Waals surface area contributed by atoms with E-state index in [-0.39, 0.29) is 48.6 Å². The van der Waals surface area contributed by atoms with E-state index < -0.39 is 12.2 Å². The van der Waals surface area contributed by atoms with Crippen molar-refractivity contribution >= 4 is 23.4 Å². The Labute approximate surface area is 302 Å². The van der Waals surface area contributed by atoms with Crippen molar-refractivity contribution in [2.45, 2.75) is 147 Å². The van der Waals surface area contributed by atoms with Crippen LogP contribution in [0.2, 0.25) is 0 Å². The molecule has 5 N–H and O–H groups in total. The number of carbonyl (C=O) groups excluding carboxylic acids is 3. The summed E-state index contributed by atoms with van der Waals surface area (Å²) in [6.07, 6.45) is 9.91. The smallest absolute Gasteiger partial charge is 0.243 e. The molecule has 6 unspecified atom stereocenters. The molecular weight excluding hydrogens is 648 g/mol. The Kier molecular flexibility index (Phi) is 14.0. The van der Waals surface area contributed by atoms with Gasteiger partial charge in [-0.15, -0.1) is 0 Å². The molecule has 11 nitrogen and oxygen atoms in total. The van der Waals surface area contributed by atoms with Gasteiger partial charge in [-0.1, -0.05) is 62.1 Å². The van der Waals surface area contributed by atoms with Crippen LogP contribution in [0.1, 0.15) is 133 Å². The molecular formula is C40H58N4O7. The number of piperidine rings is 1. The number of aliphatic hydroxyl groups is 1. The lowest BCUT2D eigenvalue weighted by Gasteiger charge is -2.50. The minimum atomic E-state index is -0.641. The summed E-state index contributed by atoms with van der Waals surface area (Å²) < 4.78 is 13.4. The molecule has 0 radical (unpaired) electrons. The van der Waals surface area contributed by atoms with Gasteiger partial charge in [0.2, 0.25) is 17.7 Å². The summed E-state index contributed by atoms with van der Waals surface area (Å²) >= 11 is 0. The molecule has 1 aliphatic carbocycles. The number of aliphatic hydroxyl groups excluding tert-OH is 1. The monoisotopic (exact) mass is 706 g/mol. The maximum absolute atomic E-state index is 13.7. The highest BCUT2D eigenvalue weighted by molar-refractivity contribution is 5.90. The Bertz CT molecular complexity index is 1430. The third-order valence-electron chi connectivity index (χ3n) is 10.5. The molecule has 6 atom stereocenters. The summed E-state index contributed by atoms with van der Waals surface area (Å²) in [6.45, 7) is 6.71. The minimum absolute atomic E-state index is 0.0237. The molecule has 2 saturated heterocycles. The maximum Gasteiger partial charge on any atom is 0.243 e. The number of ether oxygens (including phenoxy) is 2. The molecule has 11 heteroatoms. The maximum atomic E-state index is 13.7. The Morgan fingerprint density at radius 1 is 0.824 bits per heavy atom. The topological polar surface area (TPSA) is 149 Å². The number of nitrogens with one attached hydrogen (secondary N) is 3. The van der Waals surface area contributed by atoms with Gasteiger partial charge < -0.3 is 25.2 Å². The molecule has 1 saturated carbocycles. The van der Waals surface area contributed by atoms with Gasteiger partial charge in [-0.25, -0.2) is 5.48 Å². The minimum Gasteiger partial charge on any atom is -0.392 e. The first-order valence-electron chi connectivity index (χ1n) is 18.9. The number of amides is 3. The number of nitrogens with zero attached hydrogens (tertiary/aromatic N) is 1. The number of hydrogen-bond acceptors (Lipinski definition) is 8. The van der Waals surface area contributed by atoms with Crippen LogP contribution < -0.4 is 16.1 Å². The second-order valence-electron chi connectivity index (χ2n) is 15.6. The summed E-state index contributed by atoms with van der Waals surface area (Å²) in [5, 5.41) is 24.5. The van der Waals surface area contributed by atoms with Crippen molar-refractivity contribution in [3.63, 3.8) is 0 Å². The molecule has 2 heterocycles. The van der Waals surface area contributed by atoms with Gasteiger partial charge in [-0.2, -0.15) is 0 Å². The number of unbranched alkanes of at least 4 members (excludes halogenated alkanes) is 3. The van der Waals surface area contributed by atoms with Crippen LogP contribution in [0.25, 0.3) is 0 Å². The second kappa shape index (κ2) is 18.4. The van der Waals surface area contributed by atoms with Gasteiger partial charge in [0.05, 0.1) is 24.9 Å². The standard InChI is InChI=1S/C40H58N4O7/c1-40(2,3)42-38(48)34-23-20-28-10-8-9-11-33(28)44(34)25-32-24-35(29-16-14-27(26-45)15-17-29)51-39(50-32)30-18-21-31(22-19-30)41-36(46)12-6-4-5-7-13-37(47)43-49/h14-19,21-22,28,32-35,39,45,49H,4-13,20,23-26H2,1-3H3,(H,41,46)(H,42,48)(H,43,47). The molecule has 5 rings (SSSR count). The fourth-order valence-electron chi connectivity index (χ4n) is 7.92. The van der Waals surface area contributed by atoms with Crippen LogP contribution >= 0.6 is 0 Å². The van der Waals surface area contributed by atoms with Crippen LogP contribution in [0.5, 0.6) is 0 Å². The number of likely N-dealkylation sites (tertiary alicyclic amines) is 1. The Morgan fingerprint density at radius 2 is 1.49 bits per heavy atom. The van der Waals surface area contributed by atoms with E-state index in [2.05, 4.69) is 15.5 Å². The molecule has 0 spiro atoms. The van der Waals surface area contributed by atoms with Gasteiger partial charge in [0, 0.05) is 48.6 Å². The average Bonchev–Trinajstić information content (AvgIpc) is 3.12. The van der Waals surface area contributed by atoms with Crippen LogP contribution in [0, 0.1) is 5.92 Å². The summed E-state index contributed by atoms with van der Waals surface area (Å²) in [5.41, 5.74) is 4.72. The highest BCUT2D eigenvalue weighted by Crippen LogP contribution is 2.42. The summed E-state index contributed by atoms with van der Waals surface area (Å²) in [7, 11) is 0. The fourth-order valence-corrected chi connectivity index (χ4v) is 7.92. The summed E-state index contributed by atoms with van der Waals surface area (Å²) in [5.74, 6) is 0.227. The van der Waals surface area contributed by atoms with Crippen LogP contribution in [0.4, 0.5) is 5.69 Å². The quantitative estimate of drug-likeness (QED) is 0.0856. The predicted molar refractivity (Wildman–Crippen MR) is 194 cm³/mol. The summed E-state index contributed by atoms with van der Waals surface area (Å²) in [4.78, 5) is 39.9. The third-order valence-corrected chi connectivity index (χ3v) is 10.5. The van der Waals surface area contributed by atoms with E-state index in [1.165, 1.54) is 19.3 Å². The van der Waals surface area contributed by atoms with E-state index in [4.69, 9.17) is 14.7 Å². The second-order valence-corrected chi connectivity index (χ2v) is 15.6. The van der Waals surface area contributed by atoms with Crippen LogP contribution in [0.3, 0.4) is 0 Å². The molecule has 3 amide bonds. The zero-order valence-corrected chi connectivity index (χ0v) is 30.6. The first-order valence-corrected chi connectivity index (χ1v) is 18.9. The van der Waals surface area contributed by atoms with Gasteiger partial charge >= 0.3 is 0 Å². The molecule has 0 aromatic heterocycles. The lowest BCUT2D eigenvalue weighted by atomic mass is 9.75. The Balaban J connectivity index is 1.28. The molecule has 3 fully saturated rings. The van der Waals surface area contributed by atoms with E-state index in [0.29, 0.717) is 49.9 Å². The molecule has 0 bridgehead atoms. The Hall–Kier alpha value is -3.35. The largest absolute Gasteiger partial charge is 0.392 e. The SMILES string of the molecule is CC(C)(C)NC(=O)C1CCC2CCCCC2N1CC1CC(c2ccc(CO)cc2)OC(c2ccc(NC(=O)CCCCCCC(=O)NO)cc2)O1. The van der Waals surface area contributed by atoms with Crippen molar-refractivity contribution in [2.24, 2.45) is 5.92 Å². The average molecular weight is 707 g/mol. The summed E-state index contributed by atoms with van der Waals surface area (Å²) in [6, 6.07) is 15.6. The van der Waals surface area contributed by atoms with Crippen molar-refractivity contribution in [2.75, 3.05) is 11.9 Å². The molecule has 51 heavy (non-hydrogen) atoms. The zero-order valence-electron chi connectivity index (χ0n) is 30.6. The van der Waals surface area contributed by atoms with E-state index >= 15 is 0 Å². The zero-order chi connectivity index (χ0) is 36.4. The highest BCUT2D eigenvalue weighted by atomic mass is 16.7. The normalized spacial score (nSPS) is 25.4. The molecule has 3 aliphatic rings. The first kappa shape index (κ1) is 38.9. The number of fused-ring (bicyclic) bond motifs is 1. The van der Waals surface area contributed by atoms with Gasteiger partial charge in [0.25, 0.3) is 0 Å². The van der Waals surface area contributed by atoms with Crippen LogP contribution in [-0.2, 0) is 30.5 Å². The number of benzene rings is 2. The molecule has 280 valence electrons. The highest BCUT2D eigenvalue weighted by Gasteiger charge is 2.44. The van der Waals surface area contributed by atoms with Crippen LogP contribution in [0.15, 0.2) is 48.5 Å². The lowest BCUT2D eigenvalue weighted by molar-refractivity contribution is -0.255. The van der Waals surface area contributed by atoms with E-state index in [1.807, 2.05) is 69.3 Å². The first-order chi connectivity index (χ1) is 24.5. The molecule has 2 aromatic rings. The van der Waals surface area contributed by atoms with E-state index in [9.17, 15) is 19.5 Å². The van der Waals surface area contributed by atoms with Crippen molar-refractivity contribution in [3.05, 3.63) is 65.2 Å². The van der Waals surface area contributed by atoms with E-state index in [1.54, 1.807) is 5.48 Å².